The fourth-order valence-electron chi connectivity index (χ4n) is 3.42. The van der Waals surface area contributed by atoms with Crippen LogP contribution in [-0.2, 0) is 16.1 Å². The van der Waals surface area contributed by atoms with Gasteiger partial charge in [-0.3, -0.25) is 19.3 Å². The van der Waals surface area contributed by atoms with E-state index in [1.807, 2.05) is 12.1 Å². The number of ether oxygens (including phenoxy) is 1. The summed E-state index contributed by atoms with van der Waals surface area (Å²) in [5.41, 5.74) is 6.71. The maximum absolute atomic E-state index is 13.3. The number of carbonyl (C=O) groups excluding carboxylic acids is 3. The summed E-state index contributed by atoms with van der Waals surface area (Å²) in [5.74, 6) is -0.143. The SMILES string of the molecule is CCC(=O)NC1CN=C(Nc2ccc(Oc3cnc(C(N)=O)cn3)cc2)N(Cc2ccc(Cl)cc2)C1=O. The number of hydrogen-bond donors (Lipinski definition) is 3. The Morgan fingerprint density at radius 3 is 2.46 bits per heavy atom. The number of hydrogen-bond acceptors (Lipinski definition) is 8. The zero-order chi connectivity index (χ0) is 26.4. The molecule has 1 aromatic heterocycles. The summed E-state index contributed by atoms with van der Waals surface area (Å²) in [6, 6.07) is 13.3. The van der Waals surface area contributed by atoms with E-state index in [9.17, 15) is 14.4 Å². The molecule has 37 heavy (non-hydrogen) atoms. The van der Waals surface area contributed by atoms with E-state index >= 15 is 0 Å². The van der Waals surface area contributed by atoms with Crippen molar-refractivity contribution >= 4 is 41.0 Å². The Morgan fingerprint density at radius 2 is 1.84 bits per heavy atom. The highest BCUT2D eigenvalue weighted by Crippen LogP contribution is 2.22. The molecule has 1 unspecified atom stereocenters. The van der Waals surface area contributed by atoms with Crippen molar-refractivity contribution in [2.45, 2.75) is 25.9 Å². The molecule has 1 atom stereocenters. The average Bonchev–Trinajstić information content (AvgIpc) is 2.90. The van der Waals surface area contributed by atoms with E-state index < -0.39 is 11.9 Å². The summed E-state index contributed by atoms with van der Waals surface area (Å²) >= 11 is 6.00. The lowest BCUT2D eigenvalue weighted by Gasteiger charge is -2.32. The van der Waals surface area contributed by atoms with Crippen LogP contribution in [0, 0.1) is 0 Å². The highest BCUT2D eigenvalue weighted by Gasteiger charge is 2.33. The molecule has 0 saturated heterocycles. The summed E-state index contributed by atoms with van der Waals surface area (Å²) in [6.07, 6.45) is 2.80. The van der Waals surface area contributed by atoms with Gasteiger partial charge in [-0.15, -0.1) is 0 Å². The Kier molecular flexibility index (Phi) is 7.94. The fraction of sp³-hybridized carbons (Fsp3) is 0.200. The summed E-state index contributed by atoms with van der Waals surface area (Å²) in [7, 11) is 0. The van der Waals surface area contributed by atoms with E-state index in [1.54, 1.807) is 43.3 Å². The number of amides is 3. The van der Waals surface area contributed by atoms with Crippen LogP contribution in [0.15, 0.2) is 65.9 Å². The number of anilines is 1. The largest absolute Gasteiger partial charge is 0.438 e. The molecule has 0 radical (unpaired) electrons. The van der Waals surface area contributed by atoms with Gasteiger partial charge < -0.3 is 21.1 Å². The number of nitrogens with zero attached hydrogens (tertiary/aromatic N) is 4. The number of halogens is 1. The number of nitrogens with one attached hydrogen (secondary N) is 2. The van der Waals surface area contributed by atoms with Gasteiger partial charge in [0, 0.05) is 17.1 Å². The van der Waals surface area contributed by atoms with E-state index in [0.717, 1.165) is 5.56 Å². The molecule has 12 heteroatoms. The van der Waals surface area contributed by atoms with Gasteiger partial charge in [-0.25, -0.2) is 15.0 Å². The molecule has 4 N–H and O–H groups in total. The number of primary amides is 1. The molecule has 0 bridgehead atoms. The van der Waals surface area contributed by atoms with Crippen LogP contribution < -0.4 is 21.1 Å². The molecular weight excluding hydrogens is 498 g/mol. The Hall–Kier alpha value is -4.51. The molecule has 4 rings (SSSR count). The topological polar surface area (TPSA) is 152 Å². The minimum atomic E-state index is -0.747. The Bertz CT molecular complexity index is 1310. The molecule has 2 aromatic carbocycles. The van der Waals surface area contributed by atoms with Crippen molar-refractivity contribution in [3.05, 3.63) is 77.2 Å². The lowest BCUT2D eigenvalue weighted by Crippen LogP contribution is -2.56. The van der Waals surface area contributed by atoms with Gasteiger partial charge in [-0.05, 0) is 42.0 Å². The van der Waals surface area contributed by atoms with Gasteiger partial charge in [0.25, 0.3) is 11.8 Å². The normalized spacial score (nSPS) is 15.1. The predicted molar refractivity (Wildman–Crippen MR) is 137 cm³/mol. The zero-order valence-electron chi connectivity index (χ0n) is 19.8. The van der Waals surface area contributed by atoms with Gasteiger partial charge in [-0.1, -0.05) is 30.7 Å². The molecule has 0 fully saturated rings. The van der Waals surface area contributed by atoms with Crippen LogP contribution in [0.25, 0.3) is 0 Å². The summed E-state index contributed by atoms with van der Waals surface area (Å²) in [6.45, 7) is 2.08. The lowest BCUT2D eigenvalue weighted by molar-refractivity contribution is -0.133. The molecule has 11 nitrogen and oxygen atoms in total. The lowest BCUT2D eigenvalue weighted by atomic mass is 10.1. The first-order valence-electron chi connectivity index (χ1n) is 11.4. The van der Waals surface area contributed by atoms with E-state index in [4.69, 9.17) is 22.1 Å². The highest BCUT2D eigenvalue weighted by atomic mass is 35.5. The van der Waals surface area contributed by atoms with Crippen molar-refractivity contribution in [1.29, 1.82) is 0 Å². The van der Waals surface area contributed by atoms with E-state index in [-0.39, 0.29) is 42.9 Å². The minimum absolute atomic E-state index is 0.0364. The van der Waals surface area contributed by atoms with E-state index in [1.165, 1.54) is 17.3 Å². The maximum Gasteiger partial charge on any atom is 0.268 e. The zero-order valence-corrected chi connectivity index (χ0v) is 20.6. The molecule has 3 amide bonds. The second-order valence-electron chi connectivity index (χ2n) is 8.04. The number of nitrogens with two attached hydrogens (primary N) is 1. The minimum Gasteiger partial charge on any atom is -0.438 e. The summed E-state index contributed by atoms with van der Waals surface area (Å²) < 4.78 is 5.65. The van der Waals surface area contributed by atoms with Crippen LogP contribution in [0.2, 0.25) is 5.02 Å². The summed E-state index contributed by atoms with van der Waals surface area (Å²) in [4.78, 5) is 50.2. The monoisotopic (exact) mass is 521 g/mol. The number of aromatic nitrogens is 2. The van der Waals surface area contributed by atoms with Crippen LogP contribution in [0.5, 0.6) is 11.6 Å². The van der Waals surface area contributed by atoms with Crippen LogP contribution in [-0.4, -0.2) is 51.1 Å². The second-order valence-corrected chi connectivity index (χ2v) is 8.48. The molecule has 190 valence electrons. The standard InChI is InChI=1S/C25H24ClN7O4/c1-2-21(34)32-20-12-30-25(33(24(20)36)14-15-3-5-16(26)6-4-15)31-17-7-9-18(10-8-17)37-22-13-28-19(11-29-22)23(27)35/h3-11,13,20H,2,12,14H2,1H3,(H2,27,35)(H,30,31)(H,32,34). The quantitative estimate of drug-likeness (QED) is 0.412. The van der Waals surface area contributed by atoms with Gasteiger partial charge in [0.1, 0.15) is 17.5 Å². The number of guanidine groups is 1. The van der Waals surface area contributed by atoms with Gasteiger partial charge in [0.05, 0.1) is 25.5 Å². The molecular formula is C25H24ClN7O4. The van der Waals surface area contributed by atoms with Crippen LogP contribution in [0.4, 0.5) is 5.69 Å². The van der Waals surface area contributed by atoms with Crippen molar-refractivity contribution in [3.63, 3.8) is 0 Å². The predicted octanol–water partition coefficient (Wildman–Crippen LogP) is 2.73. The maximum atomic E-state index is 13.3. The molecule has 0 saturated carbocycles. The van der Waals surface area contributed by atoms with E-state index in [2.05, 4.69) is 25.6 Å². The van der Waals surface area contributed by atoms with Crippen LogP contribution in [0.1, 0.15) is 29.4 Å². The van der Waals surface area contributed by atoms with Crippen molar-refractivity contribution in [2.24, 2.45) is 10.7 Å². The Labute approximate surface area is 217 Å². The van der Waals surface area contributed by atoms with Crippen LogP contribution >= 0.6 is 11.6 Å². The van der Waals surface area contributed by atoms with Crippen molar-refractivity contribution in [1.82, 2.24) is 20.2 Å². The molecule has 0 spiro atoms. The Morgan fingerprint density at radius 1 is 1.11 bits per heavy atom. The number of benzene rings is 2. The third-order valence-electron chi connectivity index (χ3n) is 5.37. The number of carbonyl (C=O) groups is 3. The van der Waals surface area contributed by atoms with Crippen molar-refractivity contribution in [3.8, 4) is 11.6 Å². The highest BCUT2D eigenvalue weighted by molar-refractivity contribution is 6.30. The first-order valence-corrected chi connectivity index (χ1v) is 11.8. The molecule has 1 aliphatic heterocycles. The smallest absolute Gasteiger partial charge is 0.268 e. The van der Waals surface area contributed by atoms with Crippen molar-refractivity contribution in [2.75, 3.05) is 11.9 Å². The number of aliphatic imine (C=N–C) groups is 1. The second kappa shape index (κ2) is 11.5. The fourth-order valence-corrected chi connectivity index (χ4v) is 3.55. The van der Waals surface area contributed by atoms with Gasteiger partial charge in [0.2, 0.25) is 17.7 Å². The molecule has 0 aliphatic carbocycles. The third kappa shape index (κ3) is 6.58. The summed E-state index contributed by atoms with van der Waals surface area (Å²) in [5, 5.41) is 6.49. The first-order chi connectivity index (χ1) is 17.8. The van der Waals surface area contributed by atoms with Crippen molar-refractivity contribution < 1.29 is 19.1 Å². The van der Waals surface area contributed by atoms with Gasteiger partial charge in [0.15, 0.2) is 0 Å². The van der Waals surface area contributed by atoms with Gasteiger partial charge >= 0.3 is 0 Å². The van der Waals surface area contributed by atoms with E-state index in [0.29, 0.717) is 22.4 Å². The average molecular weight is 522 g/mol. The molecule has 3 aromatic rings. The van der Waals surface area contributed by atoms with Gasteiger partial charge in [-0.2, -0.15) is 0 Å². The van der Waals surface area contributed by atoms with Crippen LogP contribution in [0.3, 0.4) is 0 Å². The molecule has 1 aliphatic rings. The third-order valence-corrected chi connectivity index (χ3v) is 5.62. The first kappa shape index (κ1) is 25.6. The molecule has 2 heterocycles. The Balaban J connectivity index is 1.49. The number of rotatable bonds is 8.